The molecule has 2 aromatic heterocycles. The van der Waals surface area contributed by atoms with Crippen LogP contribution >= 0.6 is 11.3 Å². The molecule has 1 atom stereocenters. The number of thiophene rings is 1. The van der Waals surface area contributed by atoms with Crippen LogP contribution in [-0.2, 0) is 17.9 Å². The van der Waals surface area contributed by atoms with Crippen molar-refractivity contribution in [2.75, 3.05) is 13.1 Å². The Balaban J connectivity index is 1.26. The van der Waals surface area contributed by atoms with E-state index in [2.05, 4.69) is 20.8 Å². The van der Waals surface area contributed by atoms with Gasteiger partial charge in [-0.25, -0.2) is 4.79 Å². The Bertz CT molecular complexity index is 974. The van der Waals surface area contributed by atoms with Crippen LogP contribution in [0, 0.1) is 5.92 Å². The third kappa shape index (κ3) is 5.04. The van der Waals surface area contributed by atoms with Gasteiger partial charge in [-0.05, 0) is 24.3 Å². The first-order chi connectivity index (χ1) is 14.7. The second kappa shape index (κ2) is 9.53. The number of nitrogens with zero attached hydrogens (tertiary/aromatic N) is 3. The van der Waals surface area contributed by atoms with Crippen LogP contribution in [0.2, 0.25) is 0 Å². The molecule has 0 bridgehead atoms. The quantitative estimate of drug-likeness (QED) is 0.632. The predicted molar refractivity (Wildman–Crippen MR) is 112 cm³/mol. The van der Waals surface area contributed by atoms with Crippen LogP contribution in [0.4, 0.5) is 4.79 Å². The molecule has 0 aliphatic carbocycles. The summed E-state index contributed by atoms with van der Waals surface area (Å²) in [5.41, 5.74) is 0.857. The minimum atomic E-state index is -0.247. The van der Waals surface area contributed by atoms with E-state index >= 15 is 0 Å². The van der Waals surface area contributed by atoms with Crippen LogP contribution < -0.4 is 10.6 Å². The average Bonchev–Trinajstić information content (AvgIpc) is 3.49. The van der Waals surface area contributed by atoms with Crippen LogP contribution in [0.1, 0.15) is 23.6 Å². The lowest BCUT2D eigenvalue weighted by molar-refractivity contribution is -0.126. The fourth-order valence-corrected chi connectivity index (χ4v) is 4.05. The molecule has 1 saturated heterocycles. The maximum atomic E-state index is 12.6. The Hall–Kier alpha value is -3.20. The van der Waals surface area contributed by atoms with Crippen molar-refractivity contribution in [2.45, 2.75) is 25.9 Å². The summed E-state index contributed by atoms with van der Waals surface area (Å²) in [6.07, 6.45) is 1.54. The van der Waals surface area contributed by atoms with Gasteiger partial charge in [-0.15, -0.1) is 11.3 Å². The fourth-order valence-electron chi connectivity index (χ4n) is 3.40. The van der Waals surface area contributed by atoms with Crippen molar-refractivity contribution in [1.29, 1.82) is 0 Å². The number of aromatic nitrogens is 2. The first-order valence-electron chi connectivity index (χ1n) is 9.90. The molecule has 2 N–H and O–H groups in total. The number of nitrogens with one attached hydrogen (secondary N) is 2. The number of hydrogen-bond acceptors (Lipinski definition) is 6. The van der Waals surface area contributed by atoms with Gasteiger partial charge in [0.25, 0.3) is 0 Å². The van der Waals surface area contributed by atoms with Crippen molar-refractivity contribution in [2.24, 2.45) is 5.92 Å². The first kappa shape index (κ1) is 20.1. The van der Waals surface area contributed by atoms with E-state index in [1.165, 1.54) is 0 Å². The molecule has 156 valence electrons. The van der Waals surface area contributed by atoms with Crippen molar-refractivity contribution >= 4 is 23.3 Å². The number of hydrogen-bond donors (Lipinski definition) is 2. The number of piperidine rings is 1. The van der Waals surface area contributed by atoms with Gasteiger partial charge in [0.15, 0.2) is 0 Å². The van der Waals surface area contributed by atoms with Gasteiger partial charge in [0, 0.05) is 23.5 Å². The summed E-state index contributed by atoms with van der Waals surface area (Å²) in [7, 11) is 0. The Labute approximate surface area is 178 Å². The second-order valence-electron chi connectivity index (χ2n) is 7.12. The van der Waals surface area contributed by atoms with Crippen LogP contribution in [0.5, 0.6) is 0 Å². The highest BCUT2D eigenvalue weighted by Gasteiger charge is 2.28. The molecular formula is C21H23N5O3S. The van der Waals surface area contributed by atoms with Gasteiger partial charge in [0.2, 0.25) is 17.6 Å². The SMILES string of the molecule is O=C(NCc1nc(-c2ccccc2)no1)C1CCCN(C(=O)NCc2cccs2)C1. The molecule has 3 amide bonds. The lowest BCUT2D eigenvalue weighted by Crippen LogP contribution is -2.48. The lowest BCUT2D eigenvalue weighted by atomic mass is 9.97. The zero-order valence-corrected chi connectivity index (χ0v) is 17.2. The number of amides is 3. The van der Waals surface area contributed by atoms with Gasteiger partial charge in [0.05, 0.1) is 19.0 Å². The molecular weight excluding hydrogens is 402 g/mol. The van der Waals surface area contributed by atoms with E-state index in [0.717, 1.165) is 23.3 Å². The van der Waals surface area contributed by atoms with E-state index in [1.54, 1.807) is 16.2 Å². The van der Waals surface area contributed by atoms with E-state index in [9.17, 15) is 9.59 Å². The summed E-state index contributed by atoms with van der Waals surface area (Å²) < 4.78 is 5.23. The van der Waals surface area contributed by atoms with E-state index in [1.807, 2.05) is 47.8 Å². The molecule has 9 heteroatoms. The van der Waals surface area contributed by atoms with Gasteiger partial charge >= 0.3 is 6.03 Å². The largest absolute Gasteiger partial charge is 0.347 e. The normalized spacial score (nSPS) is 16.3. The van der Waals surface area contributed by atoms with Gasteiger partial charge < -0.3 is 20.1 Å². The molecule has 3 heterocycles. The van der Waals surface area contributed by atoms with Crippen LogP contribution in [0.3, 0.4) is 0 Å². The molecule has 30 heavy (non-hydrogen) atoms. The Kier molecular flexibility index (Phi) is 6.38. The molecule has 0 radical (unpaired) electrons. The van der Waals surface area contributed by atoms with Gasteiger partial charge in [-0.1, -0.05) is 41.6 Å². The lowest BCUT2D eigenvalue weighted by Gasteiger charge is -2.32. The van der Waals surface area contributed by atoms with Gasteiger partial charge in [-0.2, -0.15) is 4.98 Å². The summed E-state index contributed by atoms with van der Waals surface area (Å²) in [5, 5.41) is 11.7. The van der Waals surface area contributed by atoms with Crippen LogP contribution in [0.25, 0.3) is 11.4 Å². The van der Waals surface area contributed by atoms with E-state index in [4.69, 9.17) is 4.52 Å². The van der Waals surface area contributed by atoms with Crippen molar-refractivity contribution in [3.05, 3.63) is 58.6 Å². The Morgan fingerprint density at radius 3 is 2.80 bits per heavy atom. The number of carbonyl (C=O) groups excluding carboxylic acids is 2. The zero-order chi connectivity index (χ0) is 20.8. The maximum Gasteiger partial charge on any atom is 0.317 e. The molecule has 8 nitrogen and oxygen atoms in total. The second-order valence-corrected chi connectivity index (χ2v) is 8.15. The monoisotopic (exact) mass is 425 g/mol. The van der Waals surface area contributed by atoms with Crippen molar-refractivity contribution in [1.82, 2.24) is 25.7 Å². The number of benzene rings is 1. The molecule has 1 fully saturated rings. The molecule has 4 rings (SSSR count). The van der Waals surface area contributed by atoms with Gasteiger partial charge in [0.1, 0.15) is 0 Å². The smallest absolute Gasteiger partial charge is 0.317 e. The summed E-state index contributed by atoms with van der Waals surface area (Å²) in [5.74, 6) is 0.489. The molecule has 1 aliphatic heterocycles. The Morgan fingerprint density at radius 1 is 1.13 bits per heavy atom. The first-order valence-corrected chi connectivity index (χ1v) is 10.8. The number of urea groups is 1. The maximum absolute atomic E-state index is 12.6. The molecule has 1 unspecified atom stereocenters. The third-order valence-corrected chi connectivity index (χ3v) is 5.86. The highest BCUT2D eigenvalue weighted by molar-refractivity contribution is 7.09. The third-order valence-electron chi connectivity index (χ3n) is 4.99. The van der Waals surface area contributed by atoms with E-state index < -0.39 is 0 Å². The Morgan fingerprint density at radius 2 is 2.00 bits per heavy atom. The van der Waals surface area contributed by atoms with E-state index in [-0.39, 0.29) is 24.4 Å². The topological polar surface area (TPSA) is 100 Å². The highest BCUT2D eigenvalue weighted by Crippen LogP contribution is 2.18. The minimum absolute atomic E-state index is 0.106. The number of carbonyl (C=O) groups is 2. The summed E-state index contributed by atoms with van der Waals surface area (Å²) in [6, 6.07) is 13.3. The average molecular weight is 426 g/mol. The number of rotatable bonds is 6. The van der Waals surface area contributed by atoms with Gasteiger partial charge in [-0.3, -0.25) is 4.79 Å². The fraction of sp³-hybridized carbons (Fsp3) is 0.333. The highest BCUT2D eigenvalue weighted by atomic mass is 32.1. The molecule has 1 aliphatic rings. The molecule has 3 aromatic rings. The zero-order valence-electron chi connectivity index (χ0n) is 16.4. The number of likely N-dealkylation sites (tertiary alicyclic amines) is 1. The van der Waals surface area contributed by atoms with Crippen molar-refractivity contribution in [3.8, 4) is 11.4 Å². The van der Waals surface area contributed by atoms with E-state index in [0.29, 0.717) is 31.3 Å². The summed E-state index contributed by atoms with van der Waals surface area (Å²) in [4.78, 5) is 32.2. The van der Waals surface area contributed by atoms with Crippen LogP contribution in [-0.4, -0.2) is 40.1 Å². The minimum Gasteiger partial charge on any atom is -0.347 e. The molecule has 0 saturated carbocycles. The van der Waals surface area contributed by atoms with Crippen molar-refractivity contribution < 1.29 is 14.1 Å². The van der Waals surface area contributed by atoms with Crippen molar-refractivity contribution in [3.63, 3.8) is 0 Å². The van der Waals surface area contributed by atoms with Crippen LogP contribution in [0.15, 0.2) is 52.4 Å². The summed E-state index contributed by atoms with van der Waals surface area (Å²) in [6.45, 7) is 1.73. The predicted octanol–water partition coefficient (Wildman–Crippen LogP) is 3.04. The molecule has 1 aromatic carbocycles. The molecule has 0 spiro atoms. The summed E-state index contributed by atoms with van der Waals surface area (Å²) >= 11 is 1.60. The standard InChI is InChI=1S/C21H23N5O3S/c27-20(22-13-18-24-19(25-29-18)15-6-2-1-3-7-15)16-8-4-10-26(14-16)21(28)23-12-17-9-5-11-30-17/h1-3,5-7,9,11,16H,4,8,10,12-14H2,(H,22,27)(H,23,28).